The van der Waals surface area contributed by atoms with E-state index in [9.17, 15) is 4.79 Å². The van der Waals surface area contributed by atoms with E-state index in [1.165, 1.54) is 0 Å². The Morgan fingerprint density at radius 3 is 2.56 bits per heavy atom. The van der Waals surface area contributed by atoms with Crippen molar-refractivity contribution in [2.45, 2.75) is 39.8 Å². The first kappa shape index (κ1) is 13.2. The maximum absolute atomic E-state index is 11.9. The number of carbonyl (C=O) groups is 1. The maximum Gasteiger partial charge on any atom is 0.237 e. The molecule has 16 heavy (non-hydrogen) atoms. The number of amides is 1. The third-order valence-electron chi connectivity index (χ3n) is 2.54. The molecule has 0 unspecified atom stereocenters. The van der Waals surface area contributed by atoms with Gasteiger partial charge in [-0.05, 0) is 23.8 Å². The van der Waals surface area contributed by atoms with Gasteiger partial charge in [0.25, 0.3) is 0 Å². The van der Waals surface area contributed by atoms with Gasteiger partial charge in [0.15, 0.2) is 0 Å². The minimum atomic E-state index is -0.477. The van der Waals surface area contributed by atoms with Gasteiger partial charge in [-0.25, -0.2) is 0 Å². The van der Waals surface area contributed by atoms with Crippen LogP contribution in [0.15, 0.2) is 17.5 Å². The Bertz CT molecular complexity index is 340. The average molecular weight is 240 g/mol. The lowest BCUT2D eigenvalue weighted by molar-refractivity contribution is -0.125. The van der Waals surface area contributed by atoms with Gasteiger partial charge in [0, 0.05) is 4.88 Å². The summed E-state index contributed by atoms with van der Waals surface area (Å²) in [5, 5.41) is 4.94. The van der Waals surface area contributed by atoms with Gasteiger partial charge in [0.05, 0.1) is 12.1 Å². The lowest BCUT2D eigenvalue weighted by Crippen LogP contribution is -2.49. The molecule has 0 aliphatic rings. The van der Waals surface area contributed by atoms with Gasteiger partial charge in [0.1, 0.15) is 0 Å². The summed E-state index contributed by atoms with van der Waals surface area (Å²) in [4.78, 5) is 13.0. The molecule has 4 heteroatoms. The number of hydrogen-bond donors (Lipinski definition) is 2. The zero-order valence-electron chi connectivity index (χ0n) is 10.3. The third kappa shape index (κ3) is 3.32. The van der Waals surface area contributed by atoms with Crippen LogP contribution in [-0.4, -0.2) is 11.9 Å². The molecule has 1 rings (SSSR count). The maximum atomic E-state index is 11.9. The predicted octanol–water partition coefficient (Wildman–Crippen LogP) is 2.30. The van der Waals surface area contributed by atoms with Crippen molar-refractivity contribution in [1.82, 2.24) is 5.32 Å². The zero-order valence-corrected chi connectivity index (χ0v) is 11.1. The lowest BCUT2D eigenvalue weighted by Gasteiger charge is -2.27. The van der Waals surface area contributed by atoms with E-state index in [4.69, 9.17) is 5.73 Å². The minimum absolute atomic E-state index is 0.0286. The standard InChI is InChI=1S/C12H20N2OS/c1-8(9-6-5-7-16-9)14-11(15)10(13)12(2,3)4/h5-8,10H,13H2,1-4H3,(H,14,15)/t8-,10-/m0/s1. The number of hydrogen-bond acceptors (Lipinski definition) is 3. The van der Waals surface area contributed by atoms with E-state index in [1.807, 2.05) is 45.2 Å². The molecule has 0 fully saturated rings. The van der Waals surface area contributed by atoms with Gasteiger partial charge in [-0.15, -0.1) is 11.3 Å². The summed E-state index contributed by atoms with van der Waals surface area (Å²) in [5.74, 6) is -0.0894. The van der Waals surface area contributed by atoms with Crippen LogP contribution in [-0.2, 0) is 4.79 Å². The van der Waals surface area contributed by atoms with E-state index in [0.29, 0.717) is 0 Å². The van der Waals surface area contributed by atoms with Gasteiger partial charge in [-0.2, -0.15) is 0 Å². The topological polar surface area (TPSA) is 55.1 Å². The van der Waals surface area contributed by atoms with Crippen molar-refractivity contribution in [3.8, 4) is 0 Å². The van der Waals surface area contributed by atoms with E-state index < -0.39 is 6.04 Å². The van der Waals surface area contributed by atoms with Crippen LogP contribution in [0.4, 0.5) is 0 Å². The van der Waals surface area contributed by atoms with Crippen LogP contribution in [0.25, 0.3) is 0 Å². The number of thiophene rings is 1. The van der Waals surface area contributed by atoms with Crippen molar-refractivity contribution in [3.05, 3.63) is 22.4 Å². The van der Waals surface area contributed by atoms with Crippen molar-refractivity contribution < 1.29 is 4.79 Å². The van der Waals surface area contributed by atoms with Crippen molar-refractivity contribution in [2.24, 2.45) is 11.1 Å². The quantitative estimate of drug-likeness (QED) is 0.851. The average Bonchev–Trinajstić information content (AvgIpc) is 2.67. The summed E-state index contributed by atoms with van der Waals surface area (Å²) >= 11 is 1.64. The van der Waals surface area contributed by atoms with Crippen LogP contribution in [0, 0.1) is 5.41 Å². The summed E-state index contributed by atoms with van der Waals surface area (Å²) in [6.45, 7) is 7.87. The van der Waals surface area contributed by atoms with Gasteiger partial charge < -0.3 is 11.1 Å². The summed E-state index contributed by atoms with van der Waals surface area (Å²) in [5.41, 5.74) is 5.68. The van der Waals surface area contributed by atoms with Crippen molar-refractivity contribution >= 4 is 17.2 Å². The first-order valence-corrected chi connectivity index (χ1v) is 6.29. The highest BCUT2D eigenvalue weighted by atomic mass is 32.1. The van der Waals surface area contributed by atoms with Crippen LogP contribution in [0.5, 0.6) is 0 Å². The molecule has 0 spiro atoms. The van der Waals surface area contributed by atoms with Crippen LogP contribution >= 0.6 is 11.3 Å². The molecule has 2 atom stereocenters. The SMILES string of the molecule is C[C@H](NC(=O)[C@H](N)C(C)(C)C)c1cccs1. The second-order valence-corrected chi connectivity index (χ2v) is 6.07. The molecular formula is C12H20N2OS. The Labute approximate surface area is 101 Å². The van der Waals surface area contributed by atoms with E-state index in [1.54, 1.807) is 11.3 Å². The van der Waals surface area contributed by atoms with Gasteiger partial charge in [0.2, 0.25) is 5.91 Å². The van der Waals surface area contributed by atoms with Crippen LogP contribution in [0.2, 0.25) is 0 Å². The van der Waals surface area contributed by atoms with Crippen molar-refractivity contribution in [2.75, 3.05) is 0 Å². The molecule has 1 amide bonds. The molecule has 0 saturated carbocycles. The molecule has 0 radical (unpaired) electrons. The minimum Gasteiger partial charge on any atom is -0.347 e. The molecule has 0 aromatic carbocycles. The summed E-state index contributed by atoms with van der Waals surface area (Å²) in [6, 6.07) is 3.54. The van der Waals surface area contributed by atoms with Crippen LogP contribution in [0.3, 0.4) is 0 Å². The number of nitrogens with one attached hydrogen (secondary N) is 1. The predicted molar refractivity (Wildman–Crippen MR) is 68.3 cm³/mol. The fourth-order valence-electron chi connectivity index (χ4n) is 1.31. The number of rotatable bonds is 3. The lowest BCUT2D eigenvalue weighted by atomic mass is 9.87. The highest BCUT2D eigenvalue weighted by Gasteiger charge is 2.28. The largest absolute Gasteiger partial charge is 0.347 e. The van der Waals surface area contributed by atoms with Crippen LogP contribution < -0.4 is 11.1 Å². The molecule has 0 aliphatic carbocycles. The Morgan fingerprint density at radius 2 is 2.12 bits per heavy atom. The first-order valence-electron chi connectivity index (χ1n) is 5.41. The Balaban J connectivity index is 2.59. The summed E-state index contributed by atoms with van der Waals surface area (Å²) in [6.07, 6.45) is 0. The molecule has 90 valence electrons. The molecular weight excluding hydrogens is 220 g/mol. The molecule has 1 aromatic heterocycles. The first-order chi connectivity index (χ1) is 7.32. The van der Waals surface area contributed by atoms with Crippen LogP contribution in [0.1, 0.15) is 38.6 Å². The molecule has 0 aliphatic heterocycles. The second-order valence-electron chi connectivity index (χ2n) is 5.09. The summed E-state index contributed by atoms with van der Waals surface area (Å²) in [7, 11) is 0. The van der Waals surface area contributed by atoms with E-state index in [0.717, 1.165) is 4.88 Å². The van der Waals surface area contributed by atoms with Gasteiger partial charge in [-0.1, -0.05) is 26.8 Å². The molecule has 1 aromatic rings. The fraction of sp³-hybridized carbons (Fsp3) is 0.583. The molecule has 0 bridgehead atoms. The summed E-state index contributed by atoms with van der Waals surface area (Å²) < 4.78 is 0. The molecule has 0 saturated heterocycles. The fourth-order valence-corrected chi connectivity index (χ4v) is 2.04. The Morgan fingerprint density at radius 1 is 1.50 bits per heavy atom. The smallest absolute Gasteiger partial charge is 0.237 e. The number of nitrogens with two attached hydrogens (primary N) is 1. The normalized spacial score (nSPS) is 15.6. The van der Waals surface area contributed by atoms with E-state index in [-0.39, 0.29) is 17.4 Å². The number of carbonyl (C=O) groups excluding carboxylic acids is 1. The Kier molecular flexibility index (Phi) is 4.10. The monoisotopic (exact) mass is 240 g/mol. The highest BCUT2D eigenvalue weighted by molar-refractivity contribution is 7.10. The highest BCUT2D eigenvalue weighted by Crippen LogP contribution is 2.21. The Hall–Kier alpha value is -0.870. The molecule has 1 heterocycles. The zero-order chi connectivity index (χ0) is 12.3. The van der Waals surface area contributed by atoms with Crippen molar-refractivity contribution in [1.29, 1.82) is 0 Å². The van der Waals surface area contributed by atoms with E-state index in [2.05, 4.69) is 5.32 Å². The molecule has 3 nitrogen and oxygen atoms in total. The second kappa shape index (κ2) is 4.97. The van der Waals surface area contributed by atoms with Crippen molar-refractivity contribution in [3.63, 3.8) is 0 Å². The molecule has 3 N–H and O–H groups in total. The third-order valence-corrected chi connectivity index (χ3v) is 3.60. The van der Waals surface area contributed by atoms with E-state index >= 15 is 0 Å². The van der Waals surface area contributed by atoms with Gasteiger partial charge >= 0.3 is 0 Å². The van der Waals surface area contributed by atoms with Gasteiger partial charge in [-0.3, -0.25) is 4.79 Å².